The maximum atomic E-state index is 12.8. The lowest BCUT2D eigenvalue weighted by molar-refractivity contribution is 0.628. The zero-order valence-corrected chi connectivity index (χ0v) is 9.37. The maximum Gasteiger partial charge on any atom is 0.159 e. The smallest absolute Gasteiger partial charge is 0.159 e. The van der Waals surface area contributed by atoms with Gasteiger partial charge in [-0.25, -0.2) is 14.4 Å². The Bertz CT molecular complexity index is 492. The van der Waals surface area contributed by atoms with Gasteiger partial charge in [0.15, 0.2) is 5.82 Å². The van der Waals surface area contributed by atoms with Crippen molar-refractivity contribution in [3.63, 3.8) is 0 Å². The number of aromatic nitrogens is 2. The summed E-state index contributed by atoms with van der Waals surface area (Å²) in [5.41, 5.74) is 2.97. The molecule has 3 heteroatoms. The number of benzene rings is 1. The Morgan fingerprint density at radius 1 is 1.19 bits per heavy atom. The van der Waals surface area contributed by atoms with Crippen molar-refractivity contribution in [1.29, 1.82) is 0 Å². The first-order valence-electron chi connectivity index (χ1n) is 5.29. The van der Waals surface area contributed by atoms with Gasteiger partial charge in [0.1, 0.15) is 5.82 Å². The number of nitrogens with zero attached hydrogens (tertiary/aromatic N) is 2. The Kier molecular flexibility index (Phi) is 2.95. The summed E-state index contributed by atoms with van der Waals surface area (Å²) < 4.78 is 12.8. The second-order valence-corrected chi connectivity index (χ2v) is 3.66. The van der Waals surface area contributed by atoms with E-state index in [-0.39, 0.29) is 5.82 Å². The van der Waals surface area contributed by atoms with Crippen LogP contribution in [0.4, 0.5) is 4.39 Å². The van der Waals surface area contributed by atoms with Crippen LogP contribution in [-0.4, -0.2) is 9.97 Å². The van der Waals surface area contributed by atoms with Crippen molar-refractivity contribution in [2.45, 2.75) is 20.3 Å². The summed E-state index contributed by atoms with van der Waals surface area (Å²) in [5, 5.41) is 0. The van der Waals surface area contributed by atoms with E-state index < -0.39 is 0 Å². The third kappa shape index (κ3) is 2.08. The van der Waals surface area contributed by atoms with Crippen LogP contribution in [0.2, 0.25) is 0 Å². The highest BCUT2D eigenvalue weighted by Gasteiger charge is 2.04. The second-order valence-electron chi connectivity index (χ2n) is 3.66. The SMILES string of the molecule is CCc1cnc(-c2ccc(F)cc2)nc1C. The molecule has 2 aromatic rings. The largest absolute Gasteiger partial charge is 0.236 e. The summed E-state index contributed by atoms with van der Waals surface area (Å²) in [6.07, 6.45) is 2.76. The predicted molar refractivity (Wildman–Crippen MR) is 61.5 cm³/mol. The minimum Gasteiger partial charge on any atom is -0.236 e. The molecule has 2 rings (SSSR count). The summed E-state index contributed by atoms with van der Waals surface area (Å²) in [5.74, 6) is 0.403. The zero-order valence-electron chi connectivity index (χ0n) is 9.37. The molecule has 0 bridgehead atoms. The van der Waals surface area contributed by atoms with Crippen LogP contribution < -0.4 is 0 Å². The summed E-state index contributed by atoms with van der Waals surface area (Å²) in [7, 11) is 0. The van der Waals surface area contributed by atoms with Crippen LogP contribution in [0.1, 0.15) is 18.2 Å². The van der Waals surface area contributed by atoms with Gasteiger partial charge >= 0.3 is 0 Å². The van der Waals surface area contributed by atoms with Crippen molar-refractivity contribution in [1.82, 2.24) is 9.97 Å². The lowest BCUT2D eigenvalue weighted by Crippen LogP contribution is -1.96. The molecule has 0 aliphatic carbocycles. The lowest BCUT2D eigenvalue weighted by atomic mass is 10.1. The molecule has 82 valence electrons. The van der Waals surface area contributed by atoms with Crippen LogP contribution in [0.5, 0.6) is 0 Å². The highest BCUT2D eigenvalue weighted by Crippen LogP contribution is 2.16. The molecule has 0 radical (unpaired) electrons. The van der Waals surface area contributed by atoms with Crippen LogP contribution in [0, 0.1) is 12.7 Å². The quantitative estimate of drug-likeness (QED) is 0.770. The van der Waals surface area contributed by atoms with Crippen molar-refractivity contribution >= 4 is 0 Å². The molecule has 1 aromatic heterocycles. The van der Waals surface area contributed by atoms with Crippen molar-refractivity contribution in [3.05, 3.63) is 47.5 Å². The number of hydrogen-bond acceptors (Lipinski definition) is 2. The predicted octanol–water partition coefficient (Wildman–Crippen LogP) is 3.15. The van der Waals surface area contributed by atoms with E-state index in [1.54, 1.807) is 12.1 Å². The Balaban J connectivity index is 2.41. The van der Waals surface area contributed by atoms with Gasteiger partial charge in [-0.2, -0.15) is 0 Å². The number of hydrogen-bond donors (Lipinski definition) is 0. The van der Waals surface area contributed by atoms with Crippen LogP contribution >= 0.6 is 0 Å². The minimum atomic E-state index is -0.245. The Morgan fingerprint density at radius 3 is 2.44 bits per heavy atom. The molecular weight excluding hydrogens is 203 g/mol. The van der Waals surface area contributed by atoms with Crippen LogP contribution in [-0.2, 0) is 6.42 Å². The molecule has 0 fully saturated rings. The minimum absolute atomic E-state index is 0.245. The van der Waals surface area contributed by atoms with E-state index in [9.17, 15) is 4.39 Å². The average molecular weight is 216 g/mol. The summed E-state index contributed by atoms with van der Waals surface area (Å²) in [4.78, 5) is 8.69. The van der Waals surface area contributed by atoms with Gasteiger partial charge in [0.25, 0.3) is 0 Å². The second kappa shape index (κ2) is 4.39. The summed E-state index contributed by atoms with van der Waals surface area (Å²) in [6, 6.07) is 6.22. The summed E-state index contributed by atoms with van der Waals surface area (Å²) >= 11 is 0. The van der Waals surface area contributed by atoms with Crippen molar-refractivity contribution in [2.75, 3.05) is 0 Å². The molecule has 0 aliphatic heterocycles. The topological polar surface area (TPSA) is 25.8 Å². The number of rotatable bonds is 2. The highest BCUT2D eigenvalue weighted by atomic mass is 19.1. The van der Waals surface area contributed by atoms with E-state index in [2.05, 4.69) is 16.9 Å². The van der Waals surface area contributed by atoms with Crippen molar-refractivity contribution < 1.29 is 4.39 Å². The van der Waals surface area contributed by atoms with Gasteiger partial charge in [-0.3, -0.25) is 0 Å². The van der Waals surface area contributed by atoms with E-state index in [0.29, 0.717) is 5.82 Å². The molecule has 1 heterocycles. The molecule has 16 heavy (non-hydrogen) atoms. The molecule has 0 aliphatic rings. The van der Waals surface area contributed by atoms with E-state index >= 15 is 0 Å². The number of aryl methyl sites for hydroxylation is 2. The monoisotopic (exact) mass is 216 g/mol. The molecule has 2 nitrogen and oxygen atoms in total. The van der Waals surface area contributed by atoms with Gasteiger partial charge in [-0.15, -0.1) is 0 Å². The molecule has 0 unspecified atom stereocenters. The molecule has 0 saturated heterocycles. The third-order valence-corrected chi connectivity index (χ3v) is 2.56. The molecule has 0 saturated carbocycles. The first-order valence-corrected chi connectivity index (χ1v) is 5.29. The van der Waals surface area contributed by atoms with Crippen LogP contribution in [0.15, 0.2) is 30.5 Å². The first-order chi connectivity index (χ1) is 7.70. The van der Waals surface area contributed by atoms with Gasteiger partial charge in [0.2, 0.25) is 0 Å². The first kappa shape index (κ1) is 10.7. The fraction of sp³-hybridized carbons (Fsp3) is 0.231. The zero-order chi connectivity index (χ0) is 11.5. The van der Waals surface area contributed by atoms with Gasteiger partial charge in [-0.05, 0) is 43.2 Å². The molecule has 0 atom stereocenters. The van der Waals surface area contributed by atoms with Crippen LogP contribution in [0.3, 0.4) is 0 Å². The van der Waals surface area contributed by atoms with Crippen LogP contribution in [0.25, 0.3) is 11.4 Å². The van der Waals surface area contributed by atoms with Gasteiger partial charge in [0.05, 0.1) is 0 Å². The fourth-order valence-electron chi connectivity index (χ4n) is 1.58. The Labute approximate surface area is 94.2 Å². The molecule has 0 spiro atoms. The van der Waals surface area contributed by atoms with E-state index in [1.807, 2.05) is 13.1 Å². The van der Waals surface area contributed by atoms with E-state index in [1.165, 1.54) is 12.1 Å². The standard InChI is InChI=1S/C13H13FN2/c1-3-10-8-15-13(16-9(10)2)11-4-6-12(14)7-5-11/h4-8H,3H2,1-2H3. The Morgan fingerprint density at radius 2 is 1.88 bits per heavy atom. The fourth-order valence-corrected chi connectivity index (χ4v) is 1.58. The van der Waals surface area contributed by atoms with E-state index in [4.69, 9.17) is 0 Å². The number of halogens is 1. The molecule has 1 aromatic carbocycles. The Hall–Kier alpha value is -1.77. The van der Waals surface area contributed by atoms with E-state index in [0.717, 1.165) is 23.2 Å². The molecular formula is C13H13FN2. The van der Waals surface area contributed by atoms with Crippen molar-refractivity contribution in [3.8, 4) is 11.4 Å². The highest BCUT2D eigenvalue weighted by molar-refractivity contribution is 5.54. The average Bonchev–Trinajstić information content (AvgIpc) is 2.30. The lowest BCUT2D eigenvalue weighted by Gasteiger charge is -2.04. The van der Waals surface area contributed by atoms with Gasteiger partial charge in [-0.1, -0.05) is 6.92 Å². The third-order valence-electron chi connectivity index (χ3n) is 2.56. The van der Waals surface area contributed by atoms with Crippen molar-refractivity contribution in [2.24, 2.45) is 0 Å². The molecule has 0 N–H and O–H groups in total. The molecule has 0 amide bonds. The van der Waals surface area contributed by atoms with Gasteiger partial charge in [0, 0.05) is 17.5 Å². The van der Waals surface area contributed by atoms with Gasteiger partial charge < -0.3 is 0 Å². The normalized spacial score (nSPS) is 10.4. The maximum absolute atomic E-state index is 12.8. The summed E-state index contributed by atoms with van der Waals surface area (Å²) in [6.45, 7) is 4.04.